The van der Waals surface area contributed by atoms with E-state index in [4.69, 9.17) is 20.8 Å². The van der Waals surface area contributed by atoms with Crippen LogP contribution in [0.1, 0.15) is 5.56 Å². The number of aromatic nitrogens is 1. The van der Waals surface area contributed by atoms with Crippen LogP contribution in [0.3, 0.4) is 0 Å². The number of halogens is 1. The largest absolute Gasteiger partial charge is 0.457 e. The maximum absolute atomic E-state index is 11.2. The minimum atomic E-state index is -0.485. The van der Waals surface area contributed by atoms with Gasteiger partial charge in [0.2, 0.25) is 0 Å². The normalized spacial score (nSPS) is 11.0. The van der Waals surface area contributed by atoms with Crippen LogP contribution >= 0.6 is 11.6 Å². The molecule has 2 aromatic carbocycles. The van der Waals surface area contributed by atoms with Crippen molar-refractivity contribution in [2.75, 3.05) is 7.05 Å². The van der Waals surface area contributed by atoms with Gasteiger partial charge in [-0.1, -0.05) is 17.7 Å². The molecule has 0 atom stereocenters. The molecule has 0 aliphatic heterocycles. The fourth-order valence-corrected chi connectivity index (χ4v) is 2.24. The molecule has 0 radical (unpaired) electrons. The average Bonchev–Trinajstić information content (AvgIpc) is 2.81. The minimum Gasteiger partial charge on any atom is -0.457 e. The summed E-state index contributed by atoms with van der Waals surface area (Å²) in [5.41, 5.74) is 2.07. The molecular formula is C15H13ClN2O3. The molecule has 108 valence electrons. The van der Waals surface area contributed by atoms with Gasteiger partial charge in [0.1, 0.15) is 11.5 Å². The van der Waals surface area contributed by atoms with Gasteiger partial charge in [0.15, 0.2) is 5.58 Å². The molecule has 1 heterocycles. The summed E-state index contributed by atoms with van der Waals surface area (Å²) in [6.07, 6.45) is 0. The van der Waals surface area contributed by atoms with Gasteiger partial charge >= 0.3 is 5.76 Å². The third kappa shape index (κ3) is 2.94. The van der Waals surface area contributed by atoms with Crippen LogP contribution in [0, 0.1) is 0 Å². The summed E-state index contributed by atoms with van der Waals surface area (Å²) in [5, 5.41) is 3.67. The zero-order valence-electron chi connectivity index (χ0n) is 11.3. The molecule has 0 bridgehead atoms. The van der Waals surface area contributed by atoms with Crippen molar-refractivity contribution in [3.63, 3.8) is 0 Å². The fraction of sp³-hybridized carbons (Fsp3) is 0.133. The topological polar surface area (TPSA) is 67.3 Å². The number of H-pyrrole nitrogens is 1. The highest BCUT2D eigenvalue weighted by molar-refractivity contribution is 6.30. The highest BCUT2D eigenvalue weighted by Gasteiger charge is 2.08. The zero-order valence-corrected chi connectivity index (χ0v) is 12.0. The molecule has 0 spiro atoms. The number of benzene rings is 2. The molecule has 0 fully saturated rings. The first-order chi connectivity index (χ1) is 10.2. The molecule has 21 heavy (non-hydrogen) atoms. The van der Waals surface area contributed by atoms with Crippen LogP contribution in [0.2, 0.25) is 5.02 Å². The van der Waals surface area contributed by atoms with Gasteiger partial charge in [0.25, 0.3) is 0 Å². The predicted octanol–water partition coefficient (Wildman–Crippen LogP) is 3.29. The highest BCUT2D eigenvalue weighted by Crippen LogP contribution is 2.29. The van der Waals surface area contributed by atoms with Crippen LogP contribution in [-0.4, -0.2) is 12.0 Å². The Hall–Kier alpha value is -2.24. The van der Waals surface area contributed by atoms with E-state index in [-0.39, 0.29) is 0 Å². The fourth-order valence-electron chi connectivity index (χ4n) is 2.08. The predicted molar refractivity (Wildman–Crippen MR) is 81.1 cm³/mol. The van der Waals surface area contributed by atoms with Gasteiger partial charge < -0.3 is 14.5 Å². The number of nitrogens with one attached hydrogen (secondary N) is 2. The maximum Gasteiger partial charge on any atom is 0.417 e. The van der Waals surface area contributed by atoms with Crippen molar-refractivity contribution in [2.45, 2.75) is 6.54 Å². The second-order valence-corrected chi connectivity index (χ2v) is 4.99. The quantitative estimate of drug-likeness (QED) is 0.776. The summed E-state index contributed by atoms with van der Waals surface area (Å²) >= 11 is 6.02. The second kappa shape index (κ2) is 5.63. The Balaban J connectivity index is 1.97. The van der Waals surface area contributed by atoms with E-state index >= 15 is 0 Å². The van der Waals surface area contributed by atoms with Crippen molar-refractivity contribution in [2.24, 2.45) is 0 Å². The van der Waals surface area contributed by atoms with E-state index in [9.17, 15) is 4.79 Å². The first-order valence-electron chi connectivity index (χ1n) is 6.39. The Bertz CT molecular complexity index is 838. The van der Waals surface area contributed by atoms with Crippen LogP contribution in [0.4, 0.5) is 0 Å². The van der Waals surface area contributed by atoms with Crippen molar-refractivity contribution in [3.05, 3.63) is 57.5 Å². The molecule has 2 N–H and O–H groups in total. The Morgan fingerprint density at radius 1 is 1.29 bits per heavy atom. The summed E-state index contributed by atoms with van der Waals surface area (Å²) in [5.74, 6) is 0.750. The van der Waals surface area contributed by atoms with E-state index in [2.05, 4.69) is 10.3 Å². The highest BCUT2D eigenvalue weighted by atomic mass is 35.5. The van der Waals surface area contributed by atoms with E-state index in [1.807, 2.05) is 19.2 Å². The molecule has 3 rings (SSSR count). The first-order valence-corrected chi connectivity index (χ1v) is 6.77. The standard InChI is InChI=1S/C15H13ClN2O3/c1-17-8-9-2-3-10(16)6-13(9)20-11-4-5-12-14(7-11)21-15(19)18-12/h2-7,17H,8H2,1H3,(H,18,19). The summed E-state index contributed by atoms with van der Waals surface area (Å²) in [7, 11) is 1.86. The van der Waals surface area contributed by atoms with Crippen molar-refractivity contribution >= 4 is 22.7 Å². The van der Waals surface area contributed by atoms with E-state index in [0.29, 0.717) is 34.2 Å². The number of fused-ring (bicyclic) bond motifs is 1. The average molecular weight is 305 g/mol. The van der Waals surface area contributed by atoms with E-state index in [1.54, 1.807) is 24.3 Å². The van der Waals surface area contributed by atoms with Crippen LogP contribution in [0.15, 0.2) is 45.6 Å². The molecule has 5 nitrogen and oxygen atoms in total. The molecule has 0 amide bonds. The third-order valence-corrected chi connectivity index (χ3v) is 3.25. The molecule has 3 aromatic rings. The first kappa shape index (κ1) is 13.7. The van der Waals surface area contributed by atoms with Gasteiger partial charge in [0, 0.05) is 23.2 Å². The molecule has 1 aromatic heterocycles. The van der Waals surface area contributed by atoms with Gasteiger partial charge in [-0.15, -0.1) is 0 Å². The molecule has 0 saturated carbocycles. The van der Waals surface area contributed by atoms with Gasteiger partial charge in [-0.25, -0.2) is 4.79 Å². The molecular weight excluding hydrogens is 292 g/mol. The van der Waals surface area contributed by atoms with Crippen molar-refractivity contribution < 1.29 is 9.15 Å². The number of aromatic amines is 1. The Kier molecular flexibility index (Phi) is 3.68. The van der Waals surface area contributed by atoms with Gasteiger partial charge in [-0.3, -0.25) is 4.98 Å². The van der Waals surface area contributed by atoms with E-state index < -0.39 is 5.76 Å². The lowest BCUT2D eigenvalue weighted by molar-refractivity contribution is 0.473. The van der Waals surface area contributed by atoms with Gasteiger partial charge in [-0.2, -0.15) is 0 Å². The summed E-state index contributed by atoms with van der Waals surface area (Å²) in [6, 6.07) is 10.6. The van der Waals surface area contributed by atoms with Crippen LogP contribution in [-0.2, 0) is 6.54 Å². The number of hydrogen-bond acceptors (Lipinski definition) is 4. The Morgan fingerprint density at radius 2 is 2.14 bits per heavy atom. The van der Waals surface area contributed by atoms with Crippen molar-refractivity contribution in [1.82, 2.24) is 10.3 Å². The minimum absolute atomic E-state index is 0.453. The van der Waals surface area contributed by atoms with Crippen LogP contribution in [0.5, 0.6) is 11.5 Å². The van der Waals surface area contributed by atoms with Gasteiger partial charge in [0.05, 0.1) is 5.52 Å². The third-order valence-electron chi connectivity index (χ3n) is 3.02. The second-order valence-electron chi connectivity index (χ2n) is 4.56. The molecule has 0 saturated heterocycles. The van der Waals surface area contributed by atoms with E-state index in [0.717, 1.165) is 5.56 Å². The lowest BCUT2D eigenvalue weighted by Crippen LogP contribution is -2.06. The Labute approximate surface area is 125 Å². The number of hydrogen-bond donors (Lipinski definition) is 2. The lowest BCUT2D eigenvalue weighted by Gasteiger charge is -2.11. The maximum atomic E-state index is 11.2. The van der Waals surface area contributed by atoms with E-state index in [1.165, 1.54) is 0 Å². The Morgan fingerprint density at radius 3 is 2.95 bits per heavy atom. The number of oxazole rings is 1. The summed E-state index contributed by atoms with van der Waals surface area (Å²) in [4.78, 5) is 13.7. The number of ether oxygens (including phenoxy) is 1. The van der Waals surface area contributed by atoms with Crippen molar-refractivity contribution in [3.8, 4) is 11.5 Å². The summed E-state index contributed by atoms with van der Waals surface area (Å²) < 4.78 is 10.9. The number of rotatable bonds is 4. The van der Waals surface area contributed by atoms with Gasteiger partial charge in [-0.05, 0) is 31.3 Å². The monoisotopic (exact) mass is 304 g/mol. The smallest absolute Gasteiger partial charge is 0.417 e. The lowest BCUT2D eigenvalue weighted by atomic mass is 10.2. The SMILES string of the molecule is CNCc1ccc(Cl)cc1Oc1ccc2[nH]c(=O)oc2c1. The summed E-state index contributed by atoms with van der Waals surface area (Å²) in [6.45, 7) is 0.661. The zero-order chi connectivity index (χ0) is 14.8. The molecule has 6 heteroatoms. The molecule has 0 aliphatic carbocycles. The van der Waals surface area contributed by atoms with Crippen LogP contribution in [0.25, 0.3) is 11.1 Å². The van der Waals surface area contributed by atoms with Crippen molar-refractivity contribution in [1.29, 1.82) is 0 Å². The molecule has 0 aliphatic rings. The van der Waals surface area contributed by atoms with Crippen LogP contribution < -0.4 is 15.8 Å². The molecule has 0 unspecified atom stereocenters.